The summed E-state index contributed by atoms with van der Waals surface area (Å²) in [4.78, 5) is 0. The average Bonchev–Trinajstić information content (AvgIpc) is 2.45. The molecule has 0 aliphatic rings. The molecule has 0 saturated carbocycles. The predicted molar refractivity (Wildman–Crippen MR) is 73.5 cm³/mol. The van der Waals surface area contributed by atoms with Crippen LogP contribution >= 0.6 is 0 Å². The lowest BCUT2D eigenvalue weighted by Crippen LogP contribution is -2.27. The highest BCUT2D eigenvalue weighted by Crippen LogP contribution is 2.12. The predicted octanol–water partition coefficient (Wildman–Crippen LogP) is 4.04. The third kappa shape index (κ3) is 4.68. The van der Waals surface area contributed by atoms with Gasteiger partial charge >= 0.3 is 0 Å². The minimum Gasteiger partial charge on any atom is -0.618 e. The molecule has 2 heteroatoms. The van der Waals surface area contributed by atoms with Crippen molar-refractivity contribution in [1.82, 2.24) is 0 Å². The van der Waals surface area contributed by atoms with Gasteiger partial charge in [0.05, 0.1) is 0 Å². The number of hydrogen-bond acceptors (Lipinski definition) is 1. The zero-order valence-corrected chi connectivity index (χ0v) is 11.1. The summed E-state index contributed by atoms with van der Waals surface area (Å²) in [6.07, 6.45) is 1.50. The van der Waals surface area contributed by atoms with E-state index in [0.29, 0.717) is 5.69 Å². The number of rotatable bonds is 1. The Bertz CT molecular complexity index is 399. The zero-order chi connectivity index (χ0) is 13.1. The van der Waals surface area contributed by atoms with Gasteiger partial charge in [0.25, 0.3) is 0 Å². The Labute approximate surface area is 104 Å². The Morgan fingerprint density at radius 2 is 1.29 bits per heavy atom. The zero-order valence-electron chi connectivity index (χ0n) is 11.1. The first kappa shape index (κ1) is 15.2. The SMILES string of the molecule is CC.CC.[O-][n+]1ccccc1-c1ccccc1. The molecular weight excluding hydrogens is 210 g/mol. The first-order valence-electron chi connectivity index (χ1n) is 6.11. The van der Waals surface area contributed by atoms with E-state index >= 15 is 0 Å². The summed E-state index contributed by atoms with van der Waals surface area (Å²) in [6.45, 7) is 8.00. The second-order valence-corrected chi connectivity index (χ2v) is 2.78. The van der Waals surface area contributed by atoms with Crippen molar-refractivity contribution in [2.24, 2.45) is 0 Å². The van der Waals surface area contributed by atoms with Crippen molar-refractivity contribution in [2.75, 3.05) is 0 Å². The van der Waals surface area contributed by atoms with E-state index in [1.54, 1.807) is 6.07 Å². The van der Waals surface area contributed by atoms with E-state index in [2.05, 4.69) is 0 Å². The molecule has 1 aromatic carbocycles. The lowest BCUT2D eigenvalue weighted by Gasteiger charge is -2.02. The molecule has 0 aliphatic heterocycles. The second-order valence-electron chi connectivity index (χ2n) is 2.78. The number of nitrogens with zero attached hydrogens (tertiary/aromatic N) is 1. The smallest absolute Gasteiger partial charge is 0.223 e. The van der Waals surface area contributed by atoms with E-state index in [1.807, 2.05) is 70.2 Å². The van der Waals surface area contributed by atoms with Crippen LogP contribution in [0.1, 0.15) is 27.7 Å². The van der Waals surface area contributed by atoms with Crippen LogP contribution in [0.3, 0.4) is 0 Å². The van der Waals surface area contributed by atoms with Crippen LogP contribution in [0.25, 0.3) is 11.3 Å². The van der Waals surface area contributed by atoms with E-state index in [0.717, 1.165) is 10.3 Å². The average molecular weight is 231 g/mol. The standard InChI is InChI=1S/C11H9NO.2C2H6/c13-12-9-5-4-8-11(12)10-6-2-1-3-7-10;2*1-2/h1-9H;2*1-2H3. The maximum absolute atomic E-state index is 11.3. The monoisotopic (exact) mass is 231 g/mol. The van der Waals surface area contributed by atoms with Gasteiger partial charge in [-0.2, -0.15) is 4.73 Å². The van der Waals surface area contributed by atoms with Gasteiger partial charge in [-0.1, -0.05) is 45.9 Å². The van der Waals surface area contributed by atoms with Crippen LogP contribution in [-0.2, 0) is 0 Å². The van der Waals surface area contributed by atoms with Gasteiger partial charge in [-0.3, -0.25) is 0 Å². The largest absolute Gasteiger partial charge is 0.618 e. The van der Waals surface area contributed by atoms with Gasteiger partial charge in [-0.15, -0.1) is 0 Å². The van der Waals surface area contributed by atoms with Crippen LogP contribution in [0, 0.1) is 5.21 Å². The number of benzene rings is 1. The fourth-order valence-electron chi connectivity index (χ4n) is 1.26. The highest BCUT2D eigenvalue weighted by molar-refractivity contribution is 5.55. The van der Waals surface area contributed by atoms with Crippen LogP contribution in [0.5, 0.6) is 0 Å². The summed E-state index contributed by atoms with van der Waals surface area (Å²) < 4.78 is 0.870. The quantitative estimate of drug-likeness (QED) is 0.537. The number of aromatic nitrogens is 1. The summed E-state index contributed by atoms with van der Waals surface area (Å²) in [5, 5.41) is 11.3. The van der Waals surface area contributed by atoms with Crippen LogP contribution in [0.4, 0.5) is 0 Å². The van der Waals surface area contributed by atoms with Crippen molar-refractivity contribution in [2.45, 2.75) is 27.7 Å². The molecule has 2 nitrogen and oxygen atoms in total. The minimum atomic E-state index is 0.683. The molecule has 0 atom stereocenters. The van der Waals surface area contributed by atoms with Gasteiger partial charge < -0.3 is 5.21 Å². The number of hydrogen-bond donors (Lipinski definition) is 0. The van der Waals surface area contributed by atoms with Gasteiger partial charge in [-0.05, 0) is 18.2 Å². The normalized spacial score (nSPS) is 8.24. The highest BCUT2D eigenvalue weighted by Gasteiger charge is 2.04. The summed E-state index contributed by atoms with van der Waals surface area (Å²) >= 11 is 0. The number of pyridine rings is 1. The molecule has 1 heterocycles. The minimum absolute atomic E-state index is 0.683. The van der Waals surface area contributed by atoms with Gasteiger partial charge in [-0.25, -0.2) is 0 Å². The molecule has 2 rings (SSSR count). The fourth-order valence-corrected chi connectivity index (χ4v) is 1.26. The third-order valence-corrected chi connectivity index (χ3v) is 1.89. The summed E-state index contributed by atoms with van der Waals surface area (Å²) in [7, 11) is 0. The van der Waals surface area contributed by atoms with E-state index in [-0.39, 0.29) is 0 Å². The molecule has 0 radical (unpaired) electrons. The molecular formula is C15H21NO. The van der Waals surface area contributed by atoms with Gasteiger partial charge in [0.2, 0.25) is 5.69 Å². The lowest BCUT2D eigenvalue weighted by molar-refractivity contribution is -0.593. The Morgan fingerprint density at radius 3 is 1.82 bits per heavy atom. The molecule has 0 fully saturated rings. The summed E-state index contributed by atoms with van der Waals surface area (Å²) in [5.74, 6) is 0. The lowest BCUT2D eigenvalue weighted by atomic mass is 10.1. The van der Waals surface area contributed by atoms with Crippen LogP contribution in [0.2, 0.25) is 0 Å². The molecule has 92 valence electrons. The molecule has 0 N–H and O–H groups in total. The summed E-state index contributed by atoms with van der Waals surface area (Å²) in [6, 6.07) is 15.0. The van der Waals surface area contributed by atoms with E-state index < -0.39 is 0 Å². The van der Waals surface area contributed by atoms with Crippen LogP contribution < -0.4 is 4.73 Å². The van der Waals surface area contributed by atoms with Crippen molar-refractivity contribution < 1.29 is 4.73 Å². The van der Waals surface area contributed by atoms with Gasteiger partial charge in [0, 0.05) is 17.7 Å². The Morgan fingerprint density at radius 1 is 0.765 bits per heavy atom. The molecule has 0 amide bonds. The van der Waals surface area contributed by atoms with E-state index in [4.69, 9.17) is 0 Å². The molecule has 0 saturated heterocycles. The first-order chi connectivity index (χ1) is 8.38. The highest BCUT2D eigenvalue weighted by atomic mass is 16.5. The fraction of sp³-hybridized carbons (Fsp3) is 0.267. The van der Waals surface area contributed by atoms with Crippen molar-refractivity contribution in [3.63, 3.8) is 0 Å². The third-order valence-electron chi connectivity index (χ3n) is 1.89. The van der Waals surface area contributed by atoms with Crippen LogP contribution in [0.15, 0.2) is 54.7 Å². The molecule has 0 aliphatic carbocycles. The van der Waals surface area contributed by atoms with Crippen molar-refractivity contribution in [1.29, 1.82) is 0 Å². The van der Waals surface area contributed by atoms with E-state index in [9.17, 15) is 5.21 Å². The van der Waals surface area contributed by atoms with Gasteiger partial charge in [0.1, 0.15) is 0 Å². The van der Waals surface area contributed by atoms with Crippen LogP contribution in [-0.4, -0.2) is 0 Å². The van der Waals surface area contributed by atoms with Crippen molar-refractivity contribution >= 4 is 0 Å². The molecule has 0 spiro atoms. The van der Waals surface area contributed by atoms with Crippen molar-refractivity contribution in [3.8, 4) is 11.3 Å². The molecule has 0 bridgehead atoms. The molecule has 1 aromatic heterocycles. The summed E-state index contributed by atoms with van der Waals surface area (Å²) in [5.41, 5.74) is 1.63. The Balaban J connectivity index is 0.000000581. The molecule has 2 aromatic rings. The van der Waals surface area contributed by atoms with Crippen molar-refractivity contribution in [3.05, 3.63) is 59.9 Å². The first-order valence-corrected chi connectivity index (χ1v) is 6.11. The second kappa shape index (κ2) is 9.40. The Hall–Kier alpha value is -1.83. The Kier molecular flexibility index (Phi) is 8.39. The maximum Gasteiger partial charge on any atom is 0.223 e. The topological polar surface area (TPSA) is 26.9 Å². The molecule has 0 unspecified atom stereocenters. The van der Waals surface area contributed by atoms with Gasteiger partial charge in [0.15, 0.2) is 6.20 Å². The molecule has 17 heavy (non-hydrogen) atoms. The van der Waals surface area contributed by atoms with E-state index in [1.165, 1.54) is 6.20 Å². The maximum atomic E-state index is 11.3.